The van der Waals surface area contributed by atoms with Crippen molar-refractivity contribution in [1.29, 1.82) is 0 Å². The van der Waals surface area contributed by atoms with Crippen LogP contribution in [-0.2, 0) is 10.0 Å². The largest absolute Gasteiger partial charge is 0.215 e. The minimum Gasteiger partial charge on any atom is -0.215 e. The molecule has 0 amide bonds. The van der Waals surface area contributed by atoms with E-state index < -0.39 is 10.0 Å². The van der Waals surface area contributed by atoms with Gasteiger partial charge in [0, 0.05) is 11.9 Å². The molecule has 86 valence electrons. The first kappa shape index (κ1) is 14.2. The second kappa shape index (κ2) is 5.33. The molecule has 14 heavy (non-hydrogen) atoms. The maximum absolute atomic E-state index is 11.5. The third kappa shape index (κ3) is 8.78. The average molecular weight is 242 g/mol. The van der Waals surface area contributed by atoms with Crippen LogP contribution in [0.1, 0.15) is 34.1 Å². The highest BCUT2D eigenvalue weighted by molar-refractivity contribution is 7.89. The van der Waals surface area contributed by atoms with Gasteiger partial charge in [-0.2, -0.15) is 0 Å². The number of rotatable bonds is 5. The van der Waals surface area contributed by atoms with E-state index in [2.05, 4.69) is 4.72 Å². The Morgan fingerprint density at radius 1 is 1.36 bits per heavy atom. The van der Waals surface area contributed by atoms with Crippen LogP contribution in [0.25, 0.3) is 0 Å². The second-order valence-electron chi connectivity index (χ2n) is 4.78. The summed E-state index contributed by atoms with van der Waals surface area (Å²) >= 11 is 5.70. The Morgan fingerprint density at radius 2 is 1.86 bits per heavy atom. The molecule has 1 N–H and O–H groups in total. The molecule has 0 bridgehead atoms. The standard InChI is InChI=1S/C9H20ClNO2S/c1-8(10)5-6-11-14(12,13)7-9(2,3)4/h8,11H,5-7H2,1-4H3. The molecule has 0 radical (unpaired) electrons. The normalized spacial score (nSPS) is 15.5. The molecule has 1 unspecified atom stereocenters. The summed E-state index contributed by atoms with van der Waals surface area (Å²) in [5.74, 6) is 0.149. The molecule has 0 saturated carbocycles. The highest BCUT2D eigenvalue weighted by Crippen LogP contribution is 2.15. The van der Waals surface area contributed by atoms with Gasteiger partial charge in [0.15, 0.2) is 0 Å². The van der Waals surface area contributed by atoms with Crippen molar-refractivity contribution in [3.63, 3.8) is 0 Å². The van der Waals surface area contributed by atoms with Crippen molar-refractivity contribution in [2.45, 2.75) is 39.5 Å². The van der Waals surface area contributed by atoms with Crippen LogP contribution < -0.4 is 4.72 Å². The number of nitrogens with one attached hydrogen (secondary N) is 1. The van der Waals surface area contributed by atoms with Crippen LogP contribution in [0.2, 0.25) is 0 Å². The summed E-state index contributed by atoms with van der Waals surface area (Å²) in [5.41, 5.74) is -0.210. The van der Waals surface area contributed by atoms with E-state index in [0.717, 1.165) is 0 Å². The van der Waals surface area contributed by atoms with Crippen LogP contribution in [0.3, 0.4) is 0 Å². The maximum atomic E-state index is 11.5. The molecule has 0 saturated heterocycles. The van der Waals surface area contributed by atoms with Gasteiger partial charge in [-0.3, -0.25) is 0 Å². The fraction of sp³-hybridized carbons (Fsp3) is 1.00. The van der Waals surface area contributed by atoms with E-state index in [1.165, 1.54) is 0 Å². The van der Waals surface area contributed by atoms with E-state index in [0.29, 0.717) is 13.0 Å². The van der Waals surface area contributed by atoms with Gasteiger partial charge in [-0.15, -0.1) is 11.6 Å². The summed E-state index contributed by atoms with van der Waals surface area (Å²) < 4.78 is 25.5. The molecular formula is C9H20ClNO2S. The molecule has 0 heterocycles. The summed E-state index contributed by atoms with van der Waals surface area (Å²) in [6, 6.07) is 0. The molecule has 0 aromatic heterocycles. The molecule has 0 aromatic rings. The molecule has 5 heteroatoms. The Morgan fingerprint density at radius 3 is 2.21 bits per heavy atom. The zero-order chi connectivity index (χ0) is 11.4. The van der Waals surface area contributed by atoms with E-state index >= 15 is 0 Å². The number of halogens is 1. The van der Waals surface area contributed by atoms with Gasteiger partial charge in [-0.1, -0.05) is 20.8 Å². The predicted molar refractivity (Wildman–Crippen MR) is 61.2 cm³/mol. The van der Waals surface area contributed by atoms with E-state index in [1.807, 2.05) is 27.7 Å². The smallest absolute Gasteiger partial charge is 0.212 e. The van der Waals surface area contributed by atoms with Gasteiger partial charge < -0.3 is 0 Å². The first-order chi connectivity index (χ1) is 6.12. The number of hydrogen-bond donors (Lipinski definition) is 1. The van der Waals surface area contributed by atoms with Crippen molar-refractivity contribution in [3.05, 3.63) is 0 Å². The molecule has 0 aliphatic rings. The van der Waals surface area contributed by atoms with Crippen molar-refractivity contribution in [2.75, 3.05) is 12.3 Å². The summed E-state index contributed by atoms with van der Waals surface area (Å²) in [6.45, 7) is 7.96. The zero-order valence-electron chi connectivity index (χ0n) is 9.30. The van der Waals surface area contributed by atoms with E-state index in [-0.39, 0.29) is 16.5 Å². The van der Waals surface area contributed by atoms with Crippen LogP contribution in [0.15, 0.2) is 0 Å². The highest BCUT2D eigenvalue weighted by Gasteiger charge is 2.20. The van der Waals surface area contributed by atoms with Crippen molar-refractivity contribution in [3.8, 4) is 0 Å². The third-order valence-corrected chi connectivity index (χ3v) is 3.60. The van der Waals surface area contributed by atoms with Gasteiger partial charge in [-0.05, 0) is 18.8 Å². The lowest BCUT2D eigenvalue weighted by Crippen LogP contribution is -2.33. The number of sulfonamides is 1. The Kier molecular flexibility index (Phi) is 5.41. The van der Waals surface area contributed by atoms with Crippen LogP contribution >= 0.6 is 11.6 Å². The lowest BCUT2D eigenvalue weighted by Gasteiger charge is -2.18. The summed E-state index contributed by atoms with van der Waals surface area (Å²) in [7, 11) is -3.14. The predicted octanol–water partition coefficient (Wildman–Crippen LogP) is 1.97. The van der Waals surface area contributed by atoms with Gasteiger partial charge >= 0.3 is 0 Å². The van der Waals surface area contributed by atoms with Gasteiger partial charge in [-0.25, -0.2) is 13.1 Å². The topological polar surface area (TPSA) is 46.2 Å². The maximum Gasteiger partial charge on any atom is 0.212 e. The van der Waals surface area contributed by atoms with E-state index in [9.17, 15) is 8.42 Å². The molecule has 1 atom stereocenters. The van der Waals surface area contributed by atoms with Crippen molar-refractivity contribution < 1.29 is 8.42 Å². The van der Waals surface area contributed by atoms with E-state index in [1.54, 1.807) is 0 Å². The Hall–Kier alpha value is 0.200. The minimum atomic E-state index is -3.14. The summed E-state index contributed by atoms with van der Waals surface area (Å²) in [6.07, 6.45) is 0.658. The summed E-state index contributed by atoms with van der Waals surface area (Å²) in [4.78, 5) is 0. The Bertz CT molecular complexity index is 254. The first-order valence-corrected chi connectivity index (χ1v) is 6.83. The fourth-order valence-corrected chi connectivity index (χ4v) is 2.81. The fourth-order valence-electron chi connectivity index (χ4n) is 1.03. The number of alkyl halides is 1. The quantitative estimate of drug-likeness (QED) is 0.749. The second-order valence-corrected chi connectivity index (χ2v) is 7.34. The van der Waals surface area contributed by atoms with Crippen molar-refractivity contribution in [1.82, 2.24) is 4.72 Å². The van der Waals surface area contributed by atoms with E-state index in [4.69, 9.17) is 11.6 Å². The average Bonchev–Trinajstić information content (AvgIpc) is 1.78. The number of hydrogen-bond acceptors (Lipinski definition) is 2. The molecule has 0 aliphatic heterocycles. The molecule has 3 nitrogen and oxygen atoms in total. The van der Waals surface area contributed by atoms with Gasteiger partial charge in [0.05, 0.1) is 5.75 Å². The molecular weight excluding hydrogens is 222 g/mol. The van der Waals surface area contributed by atoms with Crippen molar-refractivity contribution in [2.24, 2.45) is 5.41 Å². The van der Waals surface area contributed by atoms with Gasteiger partial charge in [0.25, 0.3) is 0 Å². The molecule has 0 spiro atoms. The van der Waals surface area contributed by atoms with Crippen molar-refractivity contribution >= 4 is 21.6 Å². The molecule has 0 fully saturated rings. The van der Waals surface area contributed by atoms with Crippen LogP contribution in [0.5, 0.6) is 0 Å². The Labute approximate surface area is 92.3 Å². The lowest BCUT2D eigenvalue weighted by atomic mass is 10.0. The molecule has 0 aliphatic carbocycles. The third-order valence-electron chi connectivity index (χ3n) is 1.49. The SMILES string of the molecule is CC(Cl)CCNS(=O)(=O)CC(C)(C)C. The molecule has 0 rings (SSSR count). The zero-order valence-corrected chi connectivity index (χ0v) is 10.9. The Balaban J connectivity index is 3.98. The van der Waals surface area contributed by atoms with Crippen LogP contribution in [0.4, 0.5) is 0 Å². The first-order valence-electron chi connectivity index (χ1n) is 4.74. The van der Waals surface area contributed by atoms with Crippen LogP contribution in [0, 0.1) is 5.41 Å². The lowest BCUT2D eigenvalue weighted by molar-refractivity contribution is 0.458. The molecule has 0 aromatic carbocycles. The highest BCUT2D eigenvalue weighted by atomic mass is 35.5. The van der Waals surface area contributed by atoms with Gasteiger partial charge in [0.2, 0.25) is 10.0 Å². The van der Waals surface area contributed by atoms with Gasteiger partial charge in [0.1, 0.15) is 0 Å². The monoisotopic (exact) mass is 241 g/mol. The summed E-state index contributed by atoms with van der Waals surface area (Å²) in [5, 5.41) is 0.00679. The van der Waals surface area contributed by atoms with Crippen LogP contribution in [-0.4, -0.2) is 26.1 Å². The minimum absolute atomic E-state index is 0.00679.